The van der Waals surface area contributed by atoms with Gasteiger partial charge >= 0.3 is 6.03 Å². The Balaban J connectivity index is 1.38. The number of para-hydroxylation sites is 1. The molecule has 0 bridgehead atoms. The first kappa shape index (κ1) is 14.8. The van der Waals surface area contributed by atoms with E-state index in [0.29, 0.717) is 13.1 Å². The molecule has 1 aliphatic rings. The fraction of sp³-hybridized carbons (Fsp3) is 0.250. The number of aromatic nitrogens is 1. The Bertz CT molecular complexity index is 854. The van der Waals surface area contributed by atoms with Crippen molar-refractivity contribution in [1.29, 1.82) is 0 Å². The third-order valence-corrected chi connectivity index (χ3v) is 4.70. The molecule has 4 rings (SSSR count). The lowest BCUT2D eigenvalue weighted by Crippen LogP contribution is -2.43. The standard InChI is InChI=1S/C20H21N3O/c24-20(21-12-10-15-6-2-1-3-7-15)23-13-11-17-16-8-4-5-9-18(16)22-19(17)14-23/h1-9,22H,10-14H2,(H,21,24). The van der Waals surface area contributed by atoms with Crippen molar-refractivity contribution >= 4 is 16.9 Å². The van der Waals surface area contributed by atoms with Crippen molar-refractivity contribution in [3.8, 4) is 0 Å². The quantitative estimate of drug-likeness (QED) is 0.763. The molecule has 4 nitrogen and oxygen atoms in total. The van der Waals surface area contributed by atoms with Crippen LogP contribution in [0.4, 0.5) is 4.79 Å². The lowest BCUT2D eigenvalue weighted by Gasteiger charge is -2.27. The van der Waals surface area contributed by atoms with Gasteiger partial charge in [-0.1, -0.05) is 48.5 Å². The number of nitrogens with one attached hydrogen (secondary N) is 2. The van der Waals surface area contributed by atoms with Crippen LogP contribution >= 0.6 is 0 Å². The van der Waals surface area contributed by atoms with E-state index in [4.69, 9.17) is 0 Å². The van der Waals surface area contributed by atoms with Crippen molar-refractivity contribution in [3.63, 3.8) is 0 Å². The highest BCUT2D eigenvalue weighted by atomic mass is 16.2. The van der Waals surface area contributed by atoms with Gasteiger partial charge in [0.1, 0.15) is 0 Å². The Kier molecular flexibility index (Phi) is 3.95. The molecule has 0 aliphatic carbocycles. The molecule has 1 aliphatic heterocycles. The second kappa shape index (κ2) is 6.40. The van der Waals surface area contributed by atoms with Crippen LogP contribution in [0.15, 0.2) is 54.6 Å². The molecule has 2 heterocycles. The van der Waals surface area contributed by atoms with Gasteiger partial charge in [-0.3, -0.25) is 0 Å². The Hall–Kier alpha value is -2.75. The first-order valence-corrected chi connectivity index (χ1v) is 8.46. The Morgan fingerprint density at radius 2 is 1.88 bits per heavy atom. The number of fused-ring (bicyclic) bond motifs is 3. The normalized spacial score (nSPS) is 13.8. The molecule has 0 saturated heterocycles. The van der Waals surface area contributed by atoms with Crippen LogP contribution in [0.25, 0.3) is 10.9 Å². The summed E-state index contributed by atoms with van der Waals surface area (Å²) in [6, 6.07) is 18.6. The van der Waals surface area contributed by atoms with E-state index in [1.165, 1.54) is 22.2 Å². The molecular formula is C20H21N3O. The fourth-order valence-electron chi connectivity index (χ4n) is 3.44. The lowest BCUT2D eigenvalue weighted by molar-refractivity contribution is 0.192. The molecule has 2 amide bonds. The van der Waals surface area contributed by atoms with Crippen molar-refractivity contribution in [3.05, 3.63) is 71.4 Å². The number of aromatic amines is 1. The summed E-state index contributed by atoms with van der Waals surface area (Å²) >= 11 is 0. The van der Waals surface area contributed by atoms with Crippen LogP contribution in [0.1, 0.15) is 16.8 Å². The number of urea groups is 1. The summed E-state index contributed by atoms with van der Waals surface area (Å²) < 4.78 is 0. The SMILES string of the molecule is O=C(NCCc1ccccc1)N1CCc2c([nH]c3ccccc23)C1. The predicted octanol–water partition coefficient (Wildman–Crippen LogP) is 3.48. The van der Waals surface area contributed by atoms with Gasteiger partial charge in [0.25, 0.3) is 0 Å². The van der Waals surface area contributed by atoms with E-state index in [1.807, 2.05) is 29.2 Å². The van der Waals surface area contributed by atoms with Gasteiger partial charge in [0.15, 0.2) is 0 Å². The monoisotopic (exact) mass is 319 g/mol. The molecule has 122 valence electrons. The topological polar surface area (TPSA) is 48.1 Å². The number of amides is 2. The van der Waals surface area contributed by atoms with Gasteiger partial charge in [-0.15, -0.1) is 0 Å². The molecule has 4 heteroatoms. The number of nitrogens with zero attached hydrogens (tertiary/aromatic N) is 1. The maximum absolute atomic E-state index is 12.4. The molecule has 0 atom stereocenters. The first-order valence-electron chi connectivity index (χ1n) is 8.46. The van der Waals surface area contributed by atoms with Crippen LogP contribution in [-0.2, 0) is 19.4 Å². The fourth-order valence-corrected chi connectivity index (χ4v) is 3.44. The number of carbonyl (C=O) groups excluding carboxylic acids is 1. The van der Waals surface area contributed by atoms with Crippen LogP contribution < -0.4 is 5.32 Å². The number of hydrogen-bond donors (Lipinski definition) is 2. The average molecular weight is 319 g/mol. The zero-order valence-electron chi connectivity index (χ0n) is 13.6. The molecule has 24 heavy (non-hydrogen) atoms. The highest BCUT2D eigenvalue weighted by Crippen LogP contribution is 2.27. The maximum Gasteiger partial charge on any atom is 0.317 e. The molecule has 1 aromatic heterocycles. The summed E-state index contributed by atoms with van der Waals surface area (Å²) in [5, 5.41) is 4.33. The summed E-state index contributed by atoms with van der Waals surface area (Å²) in [5.41, 5.74) is 4.93. The van der Waals surface area contributed by atoms with E-state index in [-0.39, 0.29) is 6.03 Å². The van der Waals surface area contributed by atoms with E-state index in [0.717, 1.165) is 24.9 Å². The van der Waals surface area contributed by atoms with Crippen LogP contribution in [0, 0.1) is 0 Å². The van der Waals surface area contributed by atoms with Gasteiger partial charge in [0.05, 0.1) is 6.54 Å². The highest BCUT2D eigenvalue weighted by molar-refractivity contribution is 5.85. The van der Waals surface area contributed by atoms with E-state index in [9.17, 15) is 4.79 Å². The van der Waals surface area contributed by atoms with E-state index < -0.39 is 0 Å². The summed E-state index contributed by atoms with van der Waals surface area (Å²) in [6.07, 6.45) is 1.77. The highest BCUT2D eigenvalue weighted by Gasteiger charge is 2.23. The average Bonchev–Trinajstić information content (AvgIpc) is 3.00. The number of benzene rings is 2. The van der Waals surface area contributed by atoms with E-state index in [1.54, 1.807) is 0 Å². The van der Waals surface area contributed by atoms with Gasteiger partial charge in [-0.05, 0) is 30.0 Å². The third kappa shape index (κ3) is 2.87. The van der Waals surface area contributed by atoms with Gasteiger partial charge in [0.2, 0.25) is 0 Å². The second-order valence-corrected chi connectivity index (χ2v) is 6.27. The second-order valence-electron chi connectivity index (χ2n) is 6.27. The van der Waals surface area contributed by atoms with Crippen LogP contribution in [0.3, 0.4) is 0 Å². The predicted molar refractivity (Wildman–Crippen MR) is 96.0 cm³/mol. The van der Waals surface area contributed by atoms with Crippen molar-refractivity contribution in [2.24, 2.45) is 0 Å². The van der Waals surface area contributed by atoms with Crippen molar-refractivity contribution in [2.75, 3.05) is 13.1 Å². The van der Waals surface area contributed by atoms with E-state index >= 15 is 0 Å². The zero-order chi connectivity index (χ0) is 16.4. The summed E-state index contributed by atoms with van der Waals surface area (Å²) in [6.45, 7) is 2.09. The molecule has 3 aromatic rings. The smallest absolute Gasteiger partial charge is 0.317 e. The van der Waals surface area contributed by atoms with Crippen molar-refractivity contribution in [2.45, 2.75) is 19.4 Å². The minimum Gasteiger partial charge on any atom is -0.357 e. The Labute approximate surface area is 141 Å². The minimum absolute atomic E-state index is 0.0234. The minimum atomic E-state index is 0.0234. The zero-order valence-corrected chi connectivity index (χ0v) is 13.6. The van der Waals surface area contributed by atoms with Crippen LogP contribution in [0.2, 0.25) is 0 Å². The van der Waals surface area contributed by atoms with Crippen LogP contribution in [-0.4, -0.2) is 29.0 Å². The maximum atomic E-state index is 12.4. The largest absolute Gasteiger partial charge is 0.357 e. The van der Waals surface area contributed by atoms with Crippen molar-refractivity contribution < 1.29 is 4.79 Å². The Morgan fingerprint density at radius 3 is 2.75 bits per heavy atom. The third-order valence-electron chi connectivity index (χ3n) is 4.70. The molecule has 0 spiro atoms. The molecule has 0 fully saturated rings. The van der Waals surface area contributed by atoms with Gasteiger partial charge in [-0.25, -0.2) is 4.79 Å². The number of carbonyl (C=O) groups is 1. The first-order chi connectivity index (χ1) is 11.8. The molecule has 2 aromatic carbocycles. The van der Waals surface area contributed by atoms with E-state index in [2.05, 4.69) is 40.6 Å². The molecule has 2 N–H and O–H groups in total. The van der Waals surface area contributed by atoms with Crippen LogP contribution in [0.5, 0.6) is 0 Å². The van der Waals surface area contributed by atoms with Gasteiger partial charge < -0.3 is 15.2 Å². The molecule has 0 radical (unpaired) electrons. The van der Waals surface area contributed by atoms with Crippen molar-refractivity contribution in [1.82, 2.24) is 15.2 Å². The molecular weight excluding hydrogens is 298 g/mol. The molecule has 0 saturated carbocycles. The summed E-state index contributed by atoms with van der Waals surface area (Å²) in [5.74, 6) is 0. The van der Waals surface area contributed by atoms with Gasteiger partial charge in [0, 0.05) is 29.7 Å². The Morgan fingerprint density at radius 1 is 1.08 bits per heavy atom. The number of H-pyrrole nitrogens is 1. The number of hydrogen-bond acceptors (Lipinski definition) is 1. The number of rotatable bonds is 3. The van der Waals surface area contributed by atoms with Gasteiger partial charge in [-0.2, -0.15) is 0 Å². The molecule has 0 unspecified atom stereocenters. The summed E-state index contributed by atoms with van der Waals surface area (Å²) in [4.78, 5) is 17.8. The summed E-state index contributed by atoms with van der Waals surface area (Å²) in [7, 11) is 0. The lowest BCUT2D eigenvalue weighted by atomic mass is 10.0.